The summed E-state index contributed by atoms with van der Waals surface area (Å²) >= 11 is 1.28. The Bertz CT molecular complexity index is 751. The molecule has 5 heteroatoms. The van der Waals surface area contributed by atoms with E-state index in [0.717, 1.165) is 10.4 Å². The Morgan fingerprint density at radius 1 is 0.900 bits per heavy atom. The Labute approximate surface area is 118 Å². The number of nitrogen functional groups attached to an aromatic ring is 1. The van der Waals surface area contributed by atoms with Crippen LogP contribution in [0.3, 0.4) is 0 Å². The lowest BCUT2D eigenvalue weighted by atomic mass is 10.1. The summed E-state index contributed by atoms with van der Waals surface area (Å²) < 4.78 is 26.3. The van der Waals surface area contributed by atoms with Gasteiger partial charge in [0.1, 0.15) is 11.6 Å². The lowest BCUT2D eigenvalue weighted by molar-refractivity contribution is 0.628. The number of aromatic nitrogens is 1. The number of rotatable bonds is 2. The monoisotopic (exact) mass is 288 g/mol. The number of nitrogens with two attached hydrogens (primary N) is 1. The van der Waals surface area contributed by atoms with Crippen molar-refractivity contribution in [2.75, 3.05) is 5.73 Å². The fourth-order valence-electron chi connectivity index (χ4n) is 1.97. The summed E-state index contributed by atoms with van der Waals surface area (Å²) in [5, 5.41) is 0.392. The van der Waals surface area contributed by atoms with Gasteiger partial charge in [-0.05, 0) is 42.0 Å². The maximum atomic E-state index is 13.4. The molecule has 3 aromatic rings. The van der Waals surface area contributed by atoms with Crippen molar-refractivity contribution >= 4 is 16.5 Å². The molecule has 0 amide bonds. The van der Waals surface area contributed by atoms with E-state index in [1.807, 2.05) is 0 Å². The number of anilines is 1. The molecule has 0 fully saturated rings. The number of hydrogen-bond acceptors (Lipinski definition) is 3. The van der Waals surface area contributed by atoms with Crippen LogP contribution in [0.15, 0.2) is 48.5 Å². The van der Waals surface area contributed by atoms with Crippen molar-refractivity contribution in [3.05, 3.63) is 60.2 Å². The predicted molar refractivity (Wildman–Crippen MR) is 77.3 cm³/mol. The van der Waals surface area contributed by atoms with E-state index < -0.39 is 0 Å². The van der Waals surface area contributed by atoms with Crippen LogP contribution in [-0.2, 0) is 0 Å². The van der Waals surface area contributed by atoms with Crippen LogP contribution in [-0.4, -0.2) is 4.98 Å². The summed E-state index contributed by atoms with van der Waals surface area (Å²) in [6.07, 6.45) is 0. The first-order chi connectivity index (χ1) is 9.63. The van der Waals surface area contributed by atoms with E-state index in [9.17, 15) is 8.78 Å². The van der Waals surface area contributed by atoms with Crippen LogP contribution in [0, 0.1) is 11.6 Å². The van der Waals surface area contributed by atoms with Crippen LogP contribution >= 0.6 is 11.3 Å². The Balaban J connectivity index is 2.15. The van der Waals surface area contributed by atoms with Crippen molar-refractivity contribution in [2.24, 2.45) is 0 Å². The van der Waals surface area contributed by atoms with Crippen LogP contribution in [0.25, 0.3) is 21.7 Å². The van der Waals surface area contributed by atoms with Gasteiger partial charge in [0, 0.05) is 5.56 Å². The van der Waals surface area contributed by atoms with Crippen molar-refractivity contribution in [1.82, 2.24) is 4.98 Å². The minimum Gasteiger partial charge on any atom is -0.375 e. The van der Waals surface area contributed by atoms with Gasteiger partial charge in [-0.1, -0.05) is 23.5 Å². The van der Waals surface area contributed by atoms with Crippen LogP contribution in [0.2, 0.25) is 0 Å². The van der Waals surface area contributed by atoms with Gasteiger partial charge in [-0.2, -0.15) is 0 Å². The third-order valence-corrected chi connectivity index (χ3v) is 3.78. The summed E-state index contributed by atoms with van der Waals surface area (Å²) in [7, 11) is 0. The SMILES string of the molecule is Nc1nc(-c2ccc(F)cc2)c(-c2cccc(F)c2)s1. The summed E-state index contributed by atoms with van der Waals surface area (Å²) in [5.74, 6) is -0.635. The van der Waals surface area contributed by atoms with Gasteiger partial charge in [-0.3, -0.25) is 0 Å². The number of thiazole rings is 1. The summed E-state index contributed by atoms with van der Waals surface area (Å²) in [5.41, 5.74) is 7.85. The van der Waals surface area contributed by atoms with Gasteiger partial charge in [0.05, 0.1) is 10.6 Å². The zero-order chi connectivity index (χ0) is 14.1. The Morgan fingerprint density at radius 2 is 1.65 bits per heavy atom. The molecule has 0 unspecified atom stereocenters. The predicted octanol–water partition coefficient (Wildman–Crippen LogP) is 4.34. The summed E-state index contributed by atoms with van der Waals surface area (Å²) in [4.78, 5) is 5.04. The van der Waals surface area contributed by atoms with E-state index in [4.69, 9.17) is 5.73 Å². The quantitative estimate of drug-likeness (QED) is 0.762. The largest absolute Gasteiger partial charge is 0.375 e. The number of halogens is 2. The Kier molecular flexibility index (Phi) is 3.20. The van der Waals surface area contributed by atoms with Crippen LogP contribution < -0.4 is 5.73 Å². The normalized spacial score (nSPS) is 10.7. The van der Waals surface area contributed by atoms with Crippen LogP contribution in [0.4, 0.5) is 13.9 Å². The van der Waals surface area contributed by atoms with Gasteiger partial charge in [0.2, 0.25) is 0 Å². The van der Waals surface area contributed by atoms with Gasteiger partial charge < -0.3 is 5.73 Å². The number of hydrogen-bond donors (Lipinski definition) is 1. The van der Waals surface area contributed by atoms with Crippen molar-refractivity contribution in [3.63, 3.8) is 0 Å². The fourth-order valence-corrected chi connectivity index (χ4v) is 2.82. The molecule has 0 aliphatic rings. The molecule has 20 heavy (non-hydrogen) atoms. The summed E-state index contributed by atoms with van der Waals surface area (Å²) in [6.45, 7) is 0. The standard InChI is InChI=1S/C15H10F2N2S/c16-11-6-4-9(5-7-11)13-14(20-15(18)19-13)10-2-1-3-12(17)8-10/h1-8H,(H2,18,19). The molecule has 0 aliphatic carbocycles. The average Bonchev–Trinajstić information content (AvgIpc) is 2.82. The smallest absolute Gasteiger partial charge is 0.181 e. The van der Waals surface area contributed by atoms with Crippen LogP contribution in [0.1, 0.15) is 0 Å². The van der Waals surface area contributed by atoms with Crippen molar-refractivity contribution in [2.45, 2.75) is 0 Å². The highest BCUT2D eigenvalue weighted by atomic mass is 32.1. The average molecular weight is 288 g/mol. The highest BCUT2D eigenvalue weighted by Gasteiger charge is 2.14. The first kappa shape index (κ1) is 12.7. The molecule has 2 aromatic carbocycles. The number of nitrogens with zero attached hydrogens (tertiary/aromatic N) is 1. The third kappa shape index (κ3) is 2.40. The molecule has 0 saturated carbocycles. The van der Waals surface area contributed by atoms with E-state index in [1.165, 1.54) is 35.6 Å². The molecule has 2 N–H and O–H groups in total. The van der Waals surface area contributed by atoms with Gasteiger partial charge in [0.15, 0.2) is 5.13 Å². The van der Waals surface area contributed by atoms with Crippen molar-refractivity contribution in [3.8, 4) is 21.7 Å². The molecule has 100 valence electrons. The molecule has 2 nitrogen and oxygen atoms in total. The van der Waals surface area contributed by atoms with Gasteiger partial charge in [-0.25, -0.2) is 13.8 Å². The lowest BCUT2D eigenvalue weighted by Crippen LogP contribution is -1.85. The molecule has 1 heterocycles. The second-order valence-electron chi connectivity index (χ2n) is 4.25. The molecular weight excluding hydrogens is 278 g/mol. The molecule has 3 rings (SSSR count). The molecule has 0 bridgehead atoms. The molecule has 1 aromatic heterocycles. The highest BCUT2D eigenvalue weighted by Crippen LogP contribution is 2.38. The first-order valence-corrected chi connectivity index (χ1v) is 6.73. The Morgan fingerprint density at radius 3 is 2.35 bits per heavy atom. The van der Waals surface area contributed by atoms with Gasteiger partial charge >= 0.3 is 0 Å². The van der Waals surface area contributed by atoms with Crippen LogP contribution in [0.5, 0.6) is 0 Å². The van der Waals surface area contributed by atoms with Gasteiger partial charge in [0.25, 0.3) is 0 Å². The van der Waals surface area contributed by atoms with Gasteiger partial charge in [-0.15, -0.1) is 0 Å². The van der Waals surface area contributed by atoms with E-state index in [0.29, 0.717) is 16.4 Å². The minimum absolute atomic E-state index is 0.316. The van der Waals surface area contributed by atoms with E-state index in [-0.39, 0.29) is 11.6 Å². The van der Waals surface area contributed by atoms with E-state index in [2.05, 4.69) is 4.98 Å². The highest BCUT2D eigenvalue weighted by molar-refractivity contribution is 7.19. The topological polar surface area (TPSA) is 38.9 Å². The lowest BCUT2D eigenvalue weighted by Gasteiger charge is -2.03. The maximum Gasteiger partial charge on any atom is 0.181 e. The van der Waals surface area contributed by atoms with Crippen molar-refractivity contribution < 1.29 is 8.78 Å². The summed E-state index contributed by atoms with van der Waals surface area (Å²) in [6, 6.07) is 12.2. The van der Waals surface area contributed by atoms with E-state index >= 15 is 0 Å². The second kappa shape index (κ2) is 5.02. The Hall–Kier alpha value is -2.27. The van der Waals surface area contributed by atoms with E-state index in [1.54, 1.807) is 24.3 Å². The fraction of sp³-hybridized carbons (Fsp3) is 0. The van der Waals surface area contributed by atoms with Crippen molar-refractivity contribution in [1.29, 1.82) is 0 Å². The minimum atomic E-state index is -0.320. The molecule has 0 aliphatic heterocycles. The molecule has 0 atom stereocenters. The second-order valence-corrected chi connectivity index (χ2v) is 5.28. The molecule has 0 radical (unpaired) electrons. The zero-order valence-electron chi connectivity index (χ0n) is 10.3. The third-order valence-electron chi connectivity index (χ3n) is 2.85. The first-order valence-electron chi connectivity index (χ1n) is 5.91. The molecule has 0 spiro atoms. The zero-order valence-corrected chi connectivity index (χ0v) is 11.1. The number of benzene rings is 2. The maximum absolute atomic E-state index is 13.4. The molecular formula is C15H10F2N2S. The molecule has 0 saturated heterocycles.